The van der Waals surface area contributed by atoms with Crippen LogP contribution in [0.3, 0.4) is 0 Å². The van der Waals surface area contributed by atoms with Gasteiger partial charge >= 0.3 is 11.9 Å². The number of allylic oxidation sites excluding steroid dienone is 2. The highest BCUT2D eigenvalue weighted by Crippen LogP contribution is 2.31. The lowest BCUT2D eigenvalue weighted by atomic mass is 9.87. The zero-order valence-corrected chi connectivity index (χ0v) is 11.5. The van der Waals surface area contributed by atoms with Crippen molar-refractivity contribution in [3.63, 3.8) is 0 Å². The van der Waals surface area contributed by atoms with E-state index in [2.05, 4.69) is 0 Å². The Balaban J connectivity index is 3.04. The highest BCUT2D eigenvalue weighted by molar-refractivity contribution is 6.01. The van der Waals surface area contributed by atoms with Crippen LogP contribution < -0.4 is 0 Å². The van der Waals surface area contributed by atoms with Crippen LogP contribution in [0.2, 0.25) is 0 Å². The number of esters is 2. The normalized spacial score (nSPS) is 15.8. The summed E-state index contributed by atoms with van der Waals surface area (Å²) in [5.41, 5.74) is 3.12. The summed E-state index contributed by atoms with van der Waals surface area (Å²) in [6, 6.07) is 0. The van der Waals surface area contributed by atoms with E-state index in [9.17, 15) is 9.59 Å². The van der Waals surface area contributed by atoms with Gasteiger partial charge < -0.3 is 9.47 Å². The Morgan fingerprint density at radius 2 is 1.22 bits per heavy atom. The molecule has 0 aliphatic heterocycles. The van der Waals surface area contributed by atoms with Crippen LogP contribution in [-0.4, -0.2) is 25.2 Å². The lowest BCUT2D eigenvalue weighted by molar-refractivity contribution is -0.142. The minimum absolute atomic E-state index is 0.306. The molecule has 0 saturated heterocycles. The van der Waals surface area contributed by atoms with E-state index < -0.39 is 11.9 Å². The second kappa shape index (κ2) is 6.38. The summed E-state index contributed by atoms with van der Waals surface area (Å²) in [4.78, 5) is 23.7. The zero-order valence-electron chi connectivity index (χ0n) is 11.5. The molecule has 0 bridgehead atoms. The highest BCUT2D eigenvalue weighted by atomic mass is 16.5. The molecular formula is C14H20O4. The Bertz CT molecular complexity index is 378. The Morgan fingerprint density at radius 3 is 1.50 bits per heavy atom. The number of carbonyl (C=O) groups excluding carboxylic acids is 2. The van der Waals surface area contributed by atoms with Crippen molar-refractivity contribution in [1.82, 2.24) is 0 Å². The summed E-state index contributed by atoms with van der Waals surface area (Å²) >= 11 is 0. The van der Waals surface area contributed by atoms with E-state index >= 15 is 0 Å². The maximum Gasteiger partial charge on any atom is 0.334 e. The molecule has 18 heavy (non-hydrogen) atoms. The first-order valence-electron chi connectivity index (χ1n) is 6.22. The van der Waals surface area contributed by atoms with Crippen LogP contribution >= 0.6 is 0 Å². The number of hydrogen-bond donors (Lipinski definition) is 0. The summed E-state index contributed by atoms with van der Waals surface area (Å²) in [6.45, 7) is 8.05. The summed E-state index contributed by atoms with van der Waals surface area (Å²) in [6.07, 6.45) is 0.942. The molecule has 0 aromatic carbocycles. The van der Waals surface area contributed by atoms with Crippen molar-refractivity contribution in [3.8, 4) is 0 Å². The maximum atomic E-state index is 11.9. The molecule has 0 saturated carbocycles. The van der Waals surface area contributed by atoms with E-state index in [0.29, 0.717) is 37.2 Å². The van der Waals surface area contributed by atoms with Crippen LogP contribution in [0, 0.1) is 0 Å². The molecule has 0 amide bonds. The van der Waals surface area contributed by atoms with Gasteiger partial charge in [0, 0.05) is 12.8 Å². The van der Waals surface area contributed by atoms with Gasteiger partial charge in [0.05, 0.1) is 24.4 Å². The van der Waals surface area contributed by atoms with E-state index in [4.69, 9.17) is 9.47 Å². The Kier molecular flexibility index (Phi) is 5.13. The predicted octanol–water partition coefficient (Wildman–Crippen LogP) is 2.54. The van der Waals surface area contributed by atoms with Crippen LogP contribution in [0.25, 0.3) is 0 Å². The van der Waals surface area contributed by atoms with Gasteiger partial charge in [0.25, 0.3) is 0 Å². The molecule has 1 rings (SSSR count). The Hall–Kier alpha value is -1.58. The molecule has 4 heteroatoms. The fourth-order valence-corrected chi connectivity index (χ4v) is 1.87. The van der Waals surface area contributed by atoms with Crippen molar-refractivity contribution in [2.45, 2.75) is 40.5 Å². The summed E-state index contributed by atoms with van der Waals surface area (Å²) < 4.78 is 9.99. The van der Waals surface area contributed by atoms with Crippen molar-refractivity contribution < 1.29 is 19.1 Å². The molecule has 1 aliphatic carbocycles. The average molecular weight is 252 g/mol. The number of carbonyl (C=O) groups is 2. The Morgan fingerprint density at radius 1 is 0.889 bits per heavy atom. The fraction of sp³-hybridized carbons (Fsp3) is 0.571. The van der Waals surface area contributed by atoms with Crippen molar-refractivity contribution >= 4 is 11.9 Å². The predicted molar refractivity (Wildman–Crippen MR) is 67.9 cm³/mol. The number of hydrogen-bond acceptors (Lipinski definition) is 4. The molecular weight excluding hydrogens is 232 g/mol. The molecule has 0 atom stereocenters. The first kappa shape index (κ1) is 14.5. The van der Waals surface area contributed by atoms with Crippen molar-refractivity contribution in [2.24, 2.45) is 0 Å². The van der Waals surface area contributed by atoms with Crippen LogP contribution in [0.4, 0.5) is 0 Å². The van der Waals surface area contributed by atoms with Gasteiger partial charge in [-0.3, -0.25) is 0 Å². The molecule has 0 spiro atoms. The topological polar surface area (TPSA) is 52.6 Å². The maximum absolute atomic E-state index is 11.9. The van der Waals surface area contributed by atoms with Gasteiger partial charge in [-0.05, 0) is 27.7 Å². The SMILES string of the molecule is CCOC(=O)C1=C(C(=O)OCC)CC(C)=C(C)C1. The summed E-state index contributed by atoms with van der Waals surface area (Å²) in [5.74, 6) is -0.820. The van der Waals surface area contributed by atoms with Crippen LogP contribution in [0.1, 0.15) is 40.5 Å². The smallest absolute Gasteiger partial charge is 0.334 e. The van der Waals surface area contributed by atoms with E-state index in [1.54, 1.807) is 13.8 Å². The number of rotatable bonds is 4. The molecule has 0 unspecified atom stereocenters. The van der Waals surface area contributed by atoms with E-state index in [1.165, 1.54) is 0 Å². The van der Waals surface area contributed by atoms with Crippen LogP contribution in [-0.2, 0) is 19.1 Å². The minimum atomic E-state index is -0.410. The molecule has 1 aliphatic rings. The third-order valence-electron chi connectivity index (χ3n) is 3.02. The first-order chi connectivity index (χ1) is 8.51. The molecule has 0 radical (unpaired) electrons. The molecule has 4 nitrogen and oxygen atoms in total. The fourth-order valence-electron chi connectivity index (χ4n) is 1.87. The second-order valence-corrected chi connectivity index (χ2v) is 4.31. The standard InChI is InChI=1S/C14H20O4/c1-5-17-13(15)11-7-9(3)10(4)8-12(11)14(16)18-6-2/h5-8H2,1-4H3. The lowest BCUT2D eigenvalue weighted by Crippen LogP contribution is -2.20. The zero-order chi connectivity index (χ0) is 13.7. The van der Waals surface area contributed by atoms with Crippen molar-refractivity contribution in [3.05, 3.63) is 22.3 Å². The van der Waals surface area contributed by atoms with E-state index in [-0.39, 0.29) is 0 Å². The monoisotopic (exact) mass is 252 g/mol. The van der Waals surface area contributed by atoms with Gasteiger partial charge in [-0.1, -0.05) is 11.1 Å². The van der Waals surface area contributed by atoms with Gasteiger partial charge in [0.2, 0.25) is 0 Å². The molecule has 0 heterocycles. The van der Waals surface area contributed by atoms with E-state index in [0.717, 1.165) is 11.1 Å². The van der Waals surface area contributed by atoms with Gasteiger partial charge in [0.1, 0.15) is 0 Å². The van der Waals surface area contributed by atoms with Gasteiger partial charge in [-0.2, -0.15) is 0 Å². The van der Waals surface area contributed by atoms with Gasteiger partial charge in [-0.25, -0.2) is 9.59 Å². The van der Waals surface area contributed by atoms with Crippen LogP contribution in [0.5, 0.6) is 0 Å². The average Bonchev–Trinajstić information content (AvgIpc) is 2.32. The van der Waals surface area contributed by atoms with Gasteiger partial charge in [0.15, 0.2) is 0 Å². The summed E-state index contributed by atoms with van der Waals surface area (Å²) in [5, 5.41) is 0. The van der Waals surface area contributed by atoms with Crippen molar-refractivity contribution in [1.29, 1.82) is 0 Å². The largest absolute Gasteiger partial charge is 0.463 e. The quantitative estimate of drug-likeness (QED) is 0.570. The Labute approximate surface area is 108 Å². The highest BCUT2D eigenvalue weighted by Gasteiger charge is 2.27. The third kappa shape index (κ3) is 3.22. The summed E-state index contributed by atoms with van der Waals surface area (Å²) in [7, 11) is 0. The third-order valence-corrected chi connectivity index (χ3v) is 3.02. The molecule has 0 aromatic rings. The second-order valence-electron chi connectivity index (χ2n) is 4.31. The lowest BCUT2D eigenvalue weighted by Gasteiger charge is -2.20. The molecule has 0 fully saturated rings. The van der Waals surface area contributed by atoms with Gasteiger partial charge in [-0.15, -0.1) is 0 Å². The first-order valence-corrected chi connectivity index (χ1v) is 6.22. The van der Waals surface area contributed by atoms with E-state index in [1.807, 2.05) is 13.8 Å². The van der Waals surface area contributed by atoms with Crippen molar-refractivity contribution in [2.75, 3.05) is 13.2 Å². The molecule has 100 valence electrons. The molecule has 0 N–H and O–H groups in total. The minimum Gasteiger partial charge on any atom is -0.463 e. The molecule has 0 aromatic heterocycles. The van der Waals surface area contributed by atoms with Crippen LogP contribution in [0.15, 0.2) is 22.3 Å². The number of ether oxygens (including phenoxy) is 2.